The molecule has 62 valence electrons. The van der Waals surface area contributed by atoms with E-state index in [1.165, 1.54) is 19.3 Å². The van der Waals surface area contributed by atoms with Crippen LogP contribution in [0.5, 0.6) is 0 Å². The molecule has 0 amide bonds. The fourth-order valence-corrected chi connectivity index (χ4v) is 1.73. The third-order valence-corrected chi connectivity index (χ3v) is 2.47. The molecule has 1 atom stereocenters. The molecular weight excluding hydrogens is 136 g/mol. The van der Waals surface area contributed by atoms with E-state index in [4.69, 9.17) is 5.26 Å². The van der Waals surface area contributed by atoms with Crippen LogP contribution in [0.1, 0.15) is 26.2 Å². The van der Waals surface area contributed by atoms with E-state index in [0.717, 1.165) is 19.0 Å². The smallest absolute Gasteiger partial charge is 0.0866 e. The lowest BCUT2D eigenvalue weighted by Gasteiger charge is -2.30. The van der Waals surface area contributed by atoms with Gasteiger partial charge in [-0.15, -0.1) is 0 Å². The molecule has 0 bridgehead atoms. The Labute approximate surface area is 68.8 Å². The van der Waals surface area contributed by atoms with Crippen molar-refractivity contribution in [2.75, 3.05) is 19.6 Å². The topological polar surface area (TPSA) is 27.0 Å². The average Bonchev–Trinajstić information content (AvgIpc) is 2.06. The number of hydrogen-bond acceptors (Lipinski definition) is 2. The zero-order chi connectivity index (χ0) is 8.10. The largest absolute Gasteiger partial charge is 0.290 e. The van der Waals surface area contributed by atoms with Gasteiger partial charge in [0.1, 0.15) is 0 Å². The summed E-state index contributed by atoms with van der Waals surface area (Å²) < 4.78 is 0. The fraction of sp³-hybridized carbons (Fsp3) is 0.889. The molecule has 0 unspecified atom stereocenters. The summed E-state index contributed by atoms with van der Waals surface area (Å²) in [6.45, 7) is 5.13. The summed E-state index contributed by atoms with van der Waals surface area (Å²) in [6.07, 6.45) is 3.90. The lowest BCUT2D eigenvalue weighted by Crippen LogP contribution is -2.35. The first-order valence-electron chi connectivity index (χ1n) is 4.46. The lowest BCUT2D eigenvalue weighted by atomic mass is 9.96. The van der Waals surface area contributed by atoms with Crippen molar-refractivity contribution in [1.82, 2.24) is 4.90 Å². The SMILES string of the molecule is CC[C@@H]1CCCN(CC#N)C1. The van der Waals surface area contributed by atoms with E-state index in [0.29, 0.717) is 6.54 Å². The Morgan fingerprint density at radius 1 is 1.64 bits per heavy atom. The van der Waals surface area contributed by atoms with Crippen molar-refractivity contribution in [3.63, 3.8) is 0 Å². The predicted octanol–water partition coefficient (Wildman–Crippen LogP) is 1.63. The van der Waals surface area contributed by atoms with E-state index < -0.39 is 0 Å². The van der Waals surface area contributed by atoms with Crippen LogP contribution in [0.4, 0.5) is 0 Å². The highest BCUT2D eigenvalue weighted by Crippen LogP contribution is 2.18. The Kier molecular flexibility index (Phi) is 3.38. The van der Waals surface area contributed by atoms with Crippen molar-refractivity contribution in [3.05, 3.63) is 0 Å². The molecule has 1 saturated heterocycles. The summed E-state index contributed by atoms with van der Waals surface area (Å²) in [5.74, 6) is 0.845. The van der Waals surface area contributed by atoms with Crippen LogP contribution in [0.15, 0.2) is 0 Å². The fourth-order valence-electron chi connectivity index (χ4n) is 1.73. The molecule has 1 aliphatic heterocycles. The summed E-state index contributed by atoms with van der Waals surface area (Å²) in [6, 6.07) is 2.21. The molecule has 11 heavy (non-hydrogen) atoms. The second kappa shape index (κ2) is 4.35. The molecule has 0 aliphatic carbocycles. The predicted molar refractivity (Wildman–Crippen MR) is 45.1 cm³/mol. The van der Waals surface area contributed by atoms with Crippen LogP contribution in [-0.2, 0) is 0 Å². The number of rotatable bonds is 2. The van der Waals surface area contributed by atoms with Crippen LogP contribution in [0.25, 0.3) is 0 Å². The summed E-state index contributed by atoms with van der Waals surface area (Å²) >= 11 is 0. The summed E-state index contributed by atoms with van der Waals surface area (Å²) in [7, 11) is 0. The summed E-state index contributed by atoms with van der Waals surface area (Å²) in [5, 5.41) is 8.49. The molecular formula is C9H16N2. The third-order valence-electron chi connectivity index (χ3n) is 2.47. The van der Waals surface area contributed by atoms with Crippen molar-refractivity contribution in [2.24, 2.45) is 5.92 Å². The van der Waals surface area contributed by atoms with Gasteiger partial charge in [-0.2, -0.15) is 5.26 Å². The Morgan fingerprint density at radius 2 is 2.45 bits per heavy atom. The van der Waals surface area contributed by atoms with Crippen LogP contribution < -0.4 is 0 Å². The monoisotopic (exact) mass is 152 g/mol. The molecule has 1 heterocycles. The van der Waals surface area contributed by atoms with Gasteiger partial charge in [-0.3, -0.25) is 4.90 Å². The van der Waals surface area contributed by atoms with Gasteiger partial charge in [0.2, 0.25) is 0 Å². The van der Waals surface area contributed by atoms with Gasteiger partial charge in [-0.1, -0.05) is 13.3 Å². The zero-order valence-electron chi connectivity index (χ0n) is 7.21. The minimum absolute atomic E-state index is 0.622. The average molecular weight is 152 g/mol. The first-order chi connectivity index (χ1) is 5.36. The van der Waals surface area contributed by atoms with E-state index in [1.54, 1.807) is 0 Å². The van der Waals surface area contributed by atoms with Gasteiger partial charge in [-0.25, -0.2) is 0 Å². The maximum absolute atomic E-state index is 8.49. The summed E-state index contributed by atoms with van der Waals surface area (Å²) in [5.41, 5.74) is 0. The second-order valence-electron chi connectivity index (χ2n) is 3.31. The van der Waals surface area contributed by atoms with Crippen LogP contribution in [0.2, 0.25) is 0 Å². The molecule has 0 aromatic carbocycles. The van der Waals surface area contributed by atoms with Crippen LogP contribution in [-0.4, -0.2) is 24.5 Å². The van der Waals surface area contributed by atoms with Crippen LogP contribution >= 0.6 is 0 Å². The van der Waals surface area contributed by atoms with Gasteiger partial charge < -0.3 is 0 Å². The molecule has 0 N–H and O–H groups in total. The first kappa shape index (κ1) is 8.55. The van der Waals surface area contributed by atoms with E-state index in [9.17, 15) is 0 Å². The first-order valence-corrected chi connectivity index (χ1v) is 4.46. The van der Waals surface area contributed by atoms with Crippen LogP contribution in [0.3, 0.4) is 0 Å². The third kappa shape index (κ3) is 2.51. The highest BCUT2D eigenvalue weighted by Gasteiger charge is 2.17. The van der Waals surface area contributed by atoms with E-state index >= 15 is 0 Å². The summed E-state index contributed by atoms with van der Waals surface area (Å²) in [4.78, 5) is 2.26. The minimum Gasteiger partial charge on any atom is -0.290 e. The number of likely N-dealkylation sites (tertiary alicyclic amines) is 1. The Bertz CT molecular complexity index is 148. The molecule has 1 rings (SSSR count). The van der Waals surface area contributed by atoms with E-state index in [2.05, 4.69) is 17.9 Å². The van der Waals surface area contributed by atoms with Crippen molar-refractivity contribution in [3.8, 4) is 6.07 Å². The Morgan fingerprint density at radius 3 is 3.09 bits per heavy atom. The van der Waals surface area contributed by atoms with Crippen molar-refractivity contribution in [2.45, 2.75) is 26.2 Å². The molecule has 0 radical (unpaired) electrons. The minimum atomic E-state index is 0.622. The number of nitriles is 1. The second-order valence-corrected chi connectivity index (χ2v) is 3.31. The van der Waals surface area contributed by atoms with Gasteiger partial charge in [0.25, 0.3) is 0 Å². The van der Waals surface area contributed by atoms with Crippen LogP contribution in [0, 0.1) is 17.2 Å². The molecule has 0 aromatic heterocycles. The van der Waals surface area contributed by atoms with Gasteiger partial charge in [0, 0.05) is 6.54 Å². The molecule has 1 aliphatic rings. The number of nitrogens with zero attached hydrogens (tertiary/aromatic N) is 2. The normalized spacial score (nSPS) is 26.4. The van der Waals surface area contributed by atoms with Crippen molar-refractivity contribution >= 4 is 0 Å². The molecule has 2 nitrogen and oxygen atoms in total. The van der Waals surface area contributed by atoms with Gasteiger partial charge in [-0.05, 0) is 25.3 Å². The van der Waals surface area contributed by atoms with Crippen molar-refractivity contribution < 1.29 is 0 Å². The Balaban J connectivity index is 2.28. The Hall–Kier alpha value is -0.550. The van der Waals surface area contributed by atoms with Gasteiger partial charge in [0.15, 0.2) is 0 Å². The highest BCUT2D eigenvalue weighted by atomic mass is 15.1. The molecule has 0 spiro atoms. The molecule has 1 fully saturated rings. The molecule has 0 saturated carbocycles. The maximum Gasteiger partial charge on any atom is 0.0866 e. The van der Waals surface area contributed by atoms with E-state index in [1.807, 2.05) is 0 Å². The number of hydrogen-bond donors (Lipinski definition) is 0. The quantitative estimate of drug-likeness (QED) is 0.562. The molecule has 0 aromatic rings. The standard InChI is InChI=1S/C9H16N2/c1-2-9-4-3-6-11(8-9)7-5-10/h9H,2-4,6-8H2,1H3/t9-/m1/s1. The van der Waals surface area contributed by atoms with Gasteiger partial charge in [0.05, 0.1) is 12.6 Å². The maximum atomic E-state index is 8.49. The van der Waals surface area contributed by atoms with E-state index in [-0.39, 0.29) is 0 Å². The highest BCUT2D eigenvalue weighted by molar-refractivity contribution is 4.80. The lowest BCUT2D eigenvalue weighted by molar-refractivity contribution is 0.190. The van der Waals surface area contributed by atoms with Gasteiger partial charge >= 0.3 is 0 Å². The molecule has 2 heteroatoms. The zero-order valence-corrected chi connectivity index (χ0v) is 7.21. The number of piperidine rings is 1. The van der Waals surface area contributed by atoms with Crippen molar-refractivity contribution in [1.29, 1.82) is 5.26 Å².